The van der Waals surface area contributed by atoms with Crippen molar-refractivity contribution >= 4 is 5.91 Å². The molecule has 0 unspecified atom stereocenters. The summed E-state index contributed by atoms with van der Waals surface area (Å²) in [5, 5.41) is 6.80. The van der Waals surface area contributed by atoms with Crippen LogP contribution in [0.3, 0.4) is 0 Å². The third kappa shape index (κ3) is 4.53. The first-order valence-electron chi connectivity index (χ1n) is 9.66. The summed E-state index contributed by atoms with van der Waals surface area (Å²) in [5.41, 5.74) is 0.0157. The maximum atomic E-state index is 13.2. The van der Waals surface area contributed by atoms with Crippen molar-refractivity contribution in [3.05, 3.63) is 92.0 Å². The van der Waals surface area contributed by atoms with Gasteiger partial charge >= 0.3 is 5.69 Å². The molecule has 0 aliphatic carbocycles. The van der Waals surface area contributed by atoms with E-state index in [1.807, 2.05) is 26.8 Å². The van der Waals surface area contributed by atoms with E-state index in [0.29, 0.717) is 17.7 Å². The van der Waals surface area contributed by atoms with E-state index in [2.05, 4.69) is 10.4 Å². The zero-order chi connectivity index (χ0) is 21.8. The number of aromatic nitrogens is 3. The smallest absolute Gasteiger partial charge is 0.348 e. The van der Waals surface area contributed by atoms with Gasteiger partial charge in [-0.25, -0.2) is 9.18 Å². The third-order valence-corrected chi connectivity index (χ3v) is 4.76. The van der Waals surface area contributed by atoms with E-state index in [-0.39, 0.29) is 18.3 Å². The molecule has 1 atom stereocenters. The maximum Gasteiger partial charge on any atom is 0.352 e. The largest absolute Gasteiger partial charge is 0.352 e. The topological polar surface area (TPSA) is 86.0 Å². The normalized spacial score (nSPS) is 11.9. The Balaban J connectivity index is 2.18. The first-order valence-corrected chi connectivity index (χ1v) is 9.66. The second-order valence-corrected chi connectivity index (χ2v) is 7.18. The number of halogens is 1. The maximum absolute atomic E-state index is 13.2. The Morgan fingerprint density at radius 3 is 2.50 bits per heavy atom. The summed E-state index contributed by atoms with van der Waals surface area (Å²) in [6, 6.07) is 12.3. The van der Waals surface area contributed by atoms with Crippen LogP contribution in [0.1, 0.15) is 41.9 Å². The lowest BCUT2D eigenvalue weighted by Gasteiger charge is -2.14. The number of carbonyl (C=O) groups excluding carboxylic acids is 1. The number of hydrogen-bond donors (Lipinski definition) is 1. The summed E-state index contributed by atoms with van der Waals surface area (Å²) in [7, 11) is 0. The molecule has 1 N–H and O–H groups in total. The average molecular weight is 410 g/mol. The summed E-state index contributed by atoms with van der Waals surface area (Å²) in [6.07, 6.45) is 0.674. The Hall–Kier alpha value is -3.55. The molecule has 3 rings (SSSR count). The molecule has 0 aliphatic heterocycles. The molecule has 0 bridgehead atoms. The van der Waals surface area contributed by atoms with Crippen molar-refractivity contribution in [2.24, 2.45) is 0 Å². The number of rotatable bonds is 6. The molecule has 1 amide bonds. The van der Waals surface area contributed by atoms with Crippen LogP contribution in [0.25, 0.3) is 5.69 Å². The second kappa shape index (κ2) is 8.86. The van der Waals surface area contributed by atoms with Crippen LogP contribution < -0.4 is 16.6 Å². The van der Waals surface area contributed by atoms with Crippen molar-refractivity contribution in [1.82, 2.24) is 19.7 Å². The molecule has 1 aromatic heterocycles. The Morgan fingerprint density at radius 2 is 1.87 bits per heavy atom. The monoisotopic (exact) mass is 410 g/mol. The van der Waals surface area contributed by atoms with Crippen LogP contribution in [-0.4, -0.2) is 26.3 Å². The van der Waals surface area contributed by atoms with Crippen molar-refractivity contribution in [2.45, 2.75) is 39.8 Å². The van der Waals surface area contributed by atoms with E-state index < -0.39 is 23.0 Å². The van der Waals surface area contributed by atoms with E-state index in [9.17, 15) is 18.8 Å². The highest BCUT2D eigenvalue weighted by Gasteiger charge is 2.21. The second-order valence-electron chi connectivity index (χ2n) is 7.18. The van der Waals surface area contributed by atoms with Gasteiger partial charge in [0, 0.05) is 6.04 Å². The van der Waals surface area contributed by atoms with Gasteiger partial charge in [0.25, 0.3) is 11.5 Å². The van der Waals surface area contributed by atoms with Crippen molar-refractivity contribution in [3.8, 4) is 5.69 Å². The summed E-state index contributed by atoms with van der Waals surface area (Å²) in [4.78, 5) is 38.8. The number of hydrogen-bond acceptors (Lipinski definition) is 4. The molecular formula is C22H23FN4O3. The zero-order valence-electron chi connectivity index (χ0n) is 17.1. The van der Waals surface area contributed by atoms with Crippen LogP contribution >= 0.6 is 0 Å². The minimum Gasteiger partial charge on any atom is -0.348 e. The quantitative estimate of drug-likeness (QED) is 0.676. The Labute approximate surface area is 172 Å². The van der Waals surface area contributed by atoms with E-state index in [4.69, 9.17) is 0 Å². The summed E-state index contributed by atoms with van der Waals surface area (Å²) >= 11 is 0. The zero-order valence-corrected chi connectivity index (χ0v) is 17.1. The van der Waals surface area contributed by atoms with Gasteiger partial charge in [0.05, 0.1) is 12.2 Å². The number of benzene rings is 2. The predicted octanol–water partition coefficient (Wildman–Crippen LogP) is 2.42. The molecule has 0 aliphatic rings. The van der Waals surface area contributed by atoms with Gasteiger partial charge in [0.2, 0.25) is 5.69 Å². The van der Waals surface area contributed by atoms with E-state index in [1.165, 1.54) is 24.3 Å². The molecule has 30 heavy (non-hydrogen) atoms. The fraction of sp³-hybridized carbons (Fsp3) is 0.273. The molecule has 0 saturated heterocycles. The molecule has 156 valence electrons. The summed E-state index contributed by atoms with van der Waals surface area (Å²) in [6.45, 7) is 5.46. The minimum atomic E-state index is -0.797. The molecule has 1 heterocycles. The fourth-order valence-corrected chi connectivity index (χ4v) is 2.89. The van der Waals surface area contributed by atoms with Gasteiger partial charge in [-0.1, -0.05) is 31.2 Å². The first kappa shape index (κ1) is 21.2. The van der Waals surface area contributed by atoms with Gasteiger partial charge < -0.3 is 5.32 Å². The molecule has 3 aromatic rings. The van der Waals surface area contributed by atoms with Crippen molar-refractivity contribution in [1.29, 1.82) is 0 Å². The number of carbonyl (C=O) groups is 1. The van der Waals surface area contributed by atoms with Gasteiger partial charge in [0.1, 0.15) is 5.82 Å². The first-order chi connectivity index (χ1) is 14.3. The Morgan fingerprint density at radius 1 is 1.17 bits per heavy atom. The van der Waals surface area contributed by atoms with Gasteiger partial charge in [-0.3, -0.25) is 14.2 Å². The fourth-order valence-electron chi connectivity index (χ4n) is 2.89. The minimum absolute atomic E-state index is 0.115. The number of nitrogens with zero attached hydrogens (tertiary/aromatic N) is 3. The lowest BCUT2D eigenvalue weighted by molar-refractivity contribution is 0.0929. The Bertz CT molecular complexity index is 1180. The van der Waals surface area contributed by atoms with Crippen molar-refractivity contribution in [3.63, 3.8) is 0 Å². The van der Waals surface area contributed by atoms with Crippen LogP contribution in [0.5, 0.6) is 0 Å². The highest BCUT2D eigenvalue weighted by atomic mass is 19.1. The lowest BCUT2D eigenvalue weighted by Crippen LogP contribution is -2.47. The average Bonchev–Trinajstić information content (AvgIpc) is 2.72. The van der Waals surface area contributed by atoms with E-state index in [1.54, 1.807) is 18.2 Å². The van der Waals surface area contributed by atoms with Gasteiger partial charge in [0.15, 0.2) is 0 Å². The van der Waals surface area contributed by atoms with Crippen LogP contribution in [0.2, 0.25) is 0 Å². The standard InChI is InChI=1S/C22H23FN4O3/c1-4-15(3)24-20(28)19-21(29)26(13-16-8-10-17(23)11-9-16)22(30)27(25-19)18-7-5-6-14(2)12-18/h5-12,15H,4,13H2,1-3H3,(H,24,28)/t15-/m0/s1. The van der Waals surface area contributed by atoms with E-state index >= 15 is 0 Å². The van der Waals surface area contributed by atoms with Crippen LogP contribution in [0, 0.1) is 12.7 Å². The molecule has 7 nitrogen and oxygen atoms in total. The van der Waals surface area contributed by atoms with Crippen LogP contribution in [-0.2, 0) is 6.54 Å². The van der Waals surface area contributed by atoms with Crippen molar-refractivity contribution < 1.29 is 9.18 Å². The van der Waals surface area contributed by atoms with Crippen molar-refractivity contribution in [2.75, 3.05) is 0 Å². The predicted molar refractivity (Wildman–Crippen MR) is 112 cm³/mol. The SMILES string of the molecule is CC[C@H](C)NC(=O)c1nn(-c2cccc(C)c2)c(=O)n(Cc2ccc(F)cc2)c1=O. The summed E-state index contributed by atoms with van der Waals surface area (Å²) in [5.74, 6) is -1.07. The number of aryl methyl sites for hydroxylation is 1. The van der Waals surface area contributed by atoms with Gasteiger partial charge in [-0.2, -0.15) is 9.78 Å². The molecule has 0 radical (unpaired) electrons. The molecule has 0 spiro atoms. The number of amides is 1. The molecule has 8 heteroatoms. The van der Waals surface area contributed by atoms with Crippen LogP contribution in [0.4, 0.5) is 4.39 Å². The lowest BCUT2D eigenvalue weighted by atomic mass is 10.2. The Kier molecular flexibility index (Phi) is 6.25. The van der Waals surface area contributed by atoms with Gasteiger partial charge in [-0.15, -0.1) is 0 Å². The highest BCUT2D eigenvalue weighted by molar-refractivity contribution is 5.91. The molecular weight excluding hydrogens is 387 g/mol. The molecule has 0 saturated carbocycles. The summed E-state index contributed by atoms with van der Waals surface area (Å²) < 4.78 is 15.2. The molecule has 2 aromatic carbocycles. The third-order valence-electron chi connectivity index (χ3n) is 4.76. The van der Waals surface area contributed by atoms with Gasteiger partial charge in [-0.05, 0) is 55.7 Å². The molecule has 0 fully saturated rings. The highest BCUT2D eigenvalue weighted by Crippen LogP contribution is 2.08. The van der Waals surface area contributed by atoms with Crippen LogP contribution in [0.15, 0.2) is 58.1 Å². The number of nitrogens with one attached hydrogen (secondary N) is 1. The van der Waals surface area contributed by atoms with E-state index in [0.717, 1.165) is 14.8 Å².